The van der Waals surface area contributed by atoms with Gasteiger partial charge in [0, 0.05) is 37.4 Å². The highest BCUT2D eigenvalue weighted by molar-refractivity contribution is 6.19. The lowest BCUT2D eigenvalue weighted by molar-refractivity contribution is -0.120. The maximum absolute atomic E-state index is 11.0. The predicted molar refractivity (Wildman–Crippen MR) is 59.2 cm³/mol. The average molecular weight is 239 g/mol. The molecule has 0 aliphatic carbocycles. The number of alkyl halides is 2. The Hall–Kier alpha value is -0.0800. The van der Waals surface area contributed by atoms with Gasteiger partial charge < -0.3 is 0 Å². The van der Waals surface area contributed by atoms with E-state index in [0.717, 1.165) is 12.8 Å². The Kier molecular flexibility index (Phi) is 9.42. The molecular formula is C10H16Cl2O2. The topological polar surface area (TPSA) is 34.1 Å². The van der Waals surface area contributed by atoms with Crippen molar-refractivity contribution in [2.75, 3.05) is 11.8 Å². The first kappa shape index (κ1) is 13.9. The van der Waals surface area contributed by atoms with Crippen LogP contribution in [0.3, 0.4) is 0 Å². The average Bonchev–Trinajstić information content (AvgIpc) is 2.13. The van der Waals surface area contributed by atoms with Gasteiger partial charge in [-0.25, -0.2) is 0 Å². The number of halogens is 2. The molecule has 0 rings (SSSR count). The zero-order chi connectivity index (χ0) is 10.8. The summed E-state index contributed by atoms with van der Waals surface area (Å²) in [6, 6.07) is 0. The highest BCUT2D eigenvalue weighted by Crippen LogP contribution is 2.05. The van der Waals surface area contributed by atoms with Crippen LogP contribution in [0.1, 0.15) is 38.5 Å². The fourth-order valence-corrected chi connectivity index (χ4v) is 1.53. The van der Waals surface area contributed by atoms with Gasteiger partial charge >= 0.3 is 0 Å². The summed E-state index contributed by atoms with van der Waals surface area (Å²) in [5.74, 6) is 1.16. The van der Waals surface area contributed by atoms with E-state index in [9.17, 15) is 9.59 Å². The molecule has 0 aromatic heterocycles. The Balaban J connectivity index is 3.28. The van der Waals surface area contributed by atoms with E-state index in [2.05, 4.69) is 0 Å². The van der Waals surface area contributed by atoms with Crippen LogP contribution in [0.15, 0.2) is 0 Å². The molecule has 0 N–H and O–H groups in total. The van der Waals surface area contributed by atoms with Crippen molar-refractivity contribution in [1.82, 2.24) is 0 Å². The second-order valence-corrected chi connectivity index (χ2v) is 3.92. The van der Waals surface area contributed by atoms with Crippen molar-refractivity contribution < 1.29 is 9.59 Å². The second-order valence-electron chi connectivity index (χ2n) is 3.16. The lowest BCUT2D eigenvalue weighted by Crippen LogP contribution is -2.01. The van der Waals surface area contributed by atoms with Crippen molar-refractivity contribution in [1.29, 1.82) is 0 Å². The van der Waals surface area contributed by atoms with E-state index in [4.69, 9.17) is 23.2 Å². The summed E-state index contributed by atoms with van der Waals surface area (Å²) in [5, 5.41) is 0. The van der Waals surface area contributed by atoms with Gasteiger partial charge in [-0.05, 0) is 12.8 Å². The van der Waals surface area contributed by atoms with Gasteiger partial charge in [0.15, 0.2) is 0 Å². The van der Waals surface area contributed by atoms with Gasteiger partial charge in [-0.1, -0.05) is 0 Å². The van der Waals surface area contributed by atoms with Crippen molar-refractivity contribution in [3.05, 3.63) is 0 Å². The number of ketones is 2. The Morgan fingerprint density at radius 2 is 1.07 bits per heavy atom. The van der Waals surface area contributed by atoms with Crippen molar-refractivity contribution in [2.24, 2.45) is 0 Å². The number of carbonyl (C=O) groups is 2. The zero-order valence-corrected chi connectivity index (χ0v) is 9.74. The van der Waals surface area contributed by atoms with Crippen LogP contribution >= 0.6 is 23.2 Å². The van der Waals surface area contributed by atoms with Crippen LogP contribution in [-0.2, 0) is 9.59 Å². The normalized spacial score (nSPS) is 10.1. The molecule has 0 heterocycles. The molecule has 0 fully saturated rings. The summed E-state index contributed by atoms with van der Waals surface area (Å²) in [4.78, 5) is 22.0. The molecule has 0 radical (unpaired) electrons. The van der Waals surface area contributed by atoms with Crippen LogP contribution in [0.25, 0.3) is 0 Å². The smallest absolute Gasteiger partial charge is 0.134 e. The number of hydrogen-bond acceptors (Lipinski definition) is 2. The van der Waals surface area contributed by atoms with E-state index in [1.807, 2.05) is 0 Å². The molecule has 0 aromatic carbocycles. The molecule has 0 aliphatic rings. The summed E-state index contributed by atoms with van der Waals surface area (Å²) >= 11 is 10.8. The first-order chi connectivity index (χ1) is 6.70. The largest absolute Gasteiger partial charge is 0.300 e. The summed E-state index contributed by atoms with van der Waals surface area (Å²) in [7, 11) is 0. The van der Waals surface area contributed by atoms with E-state index in [0.29, 0.717) is 37.4 Å². The molecule has 14 heavy (non-hydrogen) atoms. The van der Waals surface area contributed by atoms with E-state index >= 15 is 0 Å². The molecule has 0 aliphatic heterocycles. The van der Waals surface area contributed by atoms with Gasteiger partial charge in [-0.2, -0.15) is 0 Å². The van der Waals surface area contributed by atoms with E-state index in [-0.39, 0.29) is 11.6 Å². The first-order valence-corrected chi connectivity index (χ1v) is 5.93. The van der Waals surface area contributed by atoms with E-state index in [1.165, 1.54) is 0 Å². The molecule has 0 saturated heterocycles. The molecule has 82 valence electrons. The predicted octanol–water partition coefficient (Wildman–Crippen LogP) is 2.94. The van der Waals surface area contributed by atoms with Crippen molar-refractivity contribution in [3.8, 4) is 0 Å². The molecule has 4 heteroatoms. The van der Waals surface area contributed by atoms with Crippen LogP contribution in [0.5, 0.6) is 0 Å². The van der Waals surface area contributed by atoms with Gasteiger partial charge in [0.2, 0.25) is 0 Å². The number of rotatable bonds is 9. The van der Waals surface area contributed by atoms with Crippen LogP contribution in [-0.4, -0.2) is 23.3 Å². The number of hydrogen-bond donors (Lipinski definition) is 0. The highest BCUT2D eigenvalue weighted by Gasteiger charge is 2.03. The lowest BCUT2D eigenvalue weighted by atomic mass is 10.1. The summed E-state index contributed by atoms with van der Waals surface area (Å²) in [6.45, 7) is 0. The standard InChI is InChI=1S/C10H16Cl2O2/c11-7-5-9(13)3-1-2-4-10(14)6-8-12/h1-8H2. The van der Waals surface area contributed by atoms with Gasteiger partial charge in [0.25, 0.3) is 0 Å². The van der Waals surface area contributed by atoms with Gasteiger partial charge in [0.05, 0.1) is 0 Å². The molecule has 0 unspecified atom stereocenters. The molecule has 0 saturated carbocycles. The maximum Gasteiger partial charge on any atom is 0.134 e. The molecule has 0 atom stereocenters. The quantitative estimate of drug-likeness (QED) is 0.458. The fraction of sp³-hybridized carbons (Fsp3) is 0.800. The number of unbranched alkanes of at least 4 members (excludes halogenated alkanes) is 1. The van der Waals surface area contributed by atoms with Crippen LogP contribution in [0, 0.1) is 0 Å². The Bertz CT molecular complexity index is 161. The van der Waals surface area contributed by atoms with Gasteiger partial charge in [0.1, 0.15) is 11.6 Å². The molecular weight excluding hydrogens is 223 g/mol. The lowest BCUT2D eigenvalue weighted by Gasteiger charge is -1.99. The van der Waals surface area contributed by atoms with Crippen molar-refractivity contribution in [2.45, 2.75) is 38.5 Å². The Morgan fingerprint density at radius 3 is 1.36 bits per heavy atom. The first-order valence-electron chi connectivity index (χ1n) is 4.86. The molecule has 0 amide bonds. The third kappa shape index (κ3) is 8.52. The third-order valence-electron chi connectivity index (χ3n) is 1.91. The minimum atomic E-state index is 0.185. The Labute approximate surface area is 95.0 Å². The van der Waals surface area contributed by atoms with E-state index in [1.54, 1.807) is 0 Å². The maximum atomic E-state index is 11.0. The SMILES string of the molecule is O=C(CCCl)CCCCC(=O)CCCl. The summed E-state index contributed by atoms with van der Waals surface area (Å²) in [6.07, 6.45) is 3.53. The monoisotopic (exact) mass is 238 g/mol. The number of carbonyl (C=O) groups excluding carboxylic acids is 2. The van der Waals surface area contributed by atoms with Gasteiger partial charge in [-0.3, -0.25) is 9.59 Å². The molecule has 0 aromatic rings. The second kappa shape index (κ2) is 9.47. The number of Topliss-reactive ketones (excluding diaryl/α,β-unsaturated/α-hetero) is 2. The fourth-order valence-electron chi connectivity index (χ4n) is 1.11. The molecule has 0 spiro atoms. The van der Waals surface area contributed by atoms with Crippen molar-refractivity contribution >= 4 is 34.8 Å². The van der Waals surface area contributed by atoms with E-state index < -0.39 is 0 Å². The van der Waals surface area contributed by atoms with Crippen molar-refractivity contribution in [3.63, 3.8) is 0 Å². The minimum Gasteiger partial charge on any atom is -0.300 e. The minimum absolute atomic E-state index is 0.185. The van der Waals surface area contributed by atoms with Crippen LogP contribution in [0.4, 0.5) is 0 Å². The van der Waals surface area contributed by atoms with Crippen LogP contribution in [0.2, 0.25) is 0 Å². The molecule has 2 nitrogen and oxygen atoms in total. The molecule has 0 bridgehead atoms. The third-order valence-corrected chi connectivity index (χ3v) is 2.29. The zero-order valence-electron chi connectivity index (χ0n) is 8.23. The van der Waals surface area contributed by atoms with Gasteiger partial charge in [-0.15, -0.1) is 23.2 Å². The summed E-state index contributed by atoms with van der Waals surface area (Å²) < 4.78 is 0. The Morgan fingerprint density at radius 1 is 0.714 bits per heavy atom. The summed E-state index contributed by atoms with van der Waals surface area (Å²) in [5.41, 5.74) is 0. The highest BCUT2D eigenvalue weighted by atomic mass is 35.5. The van der Waals surface area contributed by atoms with Crippen LogP contribution < -0.4 is 0 Å².